The van der Waals surface area contributed by atoms with Crippen molar-refractivity contribution in [2.45, 2.75) is 57.4 Å². The average molecular weight is 450 g/mol. The SMILES string of the molecule is CC(C)S(=O)(=O)N1CCC(c2nnc3n2CCN(C(=O)Cc2cccc(F)c2)C3)CC1. The van der Waals surface area contributed by atoms with Crippen molar-refractivity contribution in [3.05, 3.63) is 47.3 Å². The lowest BCUT2D eigenvalue weighted by Gasteiger charge is -2.33. The van der Waals surface area contributed by atoms with Gasteiger partial charge in [-0.2, -0.15) is 0 Å². The van der Waals surface area contributed by atoms with E-state index in [4.69, 9.17) is 0 Å². The van der Waals surface area contributed by atoms with E-state index < -0.39 is 15.3 Å². The van der Waals surface area contributed by atoms with E-state index in [1.165, 1.54) is 12.1 Å². The lowest BCUT2D eigenvalue weighted by Crippen LogP contribution is -2.42. The van der Waals surface area contributed by atoms with Gasteiger partial charge >= 0.3 is 0 Å². The lowest BCUT2D eigenvalue weighted by molar-refractivity contribution is -0.132. The van der Waals surface area contributed by atoms with Crippen LogP contribution in [0.15, 0.2) is 24.3 Å². The Hall–Kier alpha value is -2.33. The Bertz CT molecular complexity index is 1060. The fraction of sp³-hybridized carbons (Fsp3) is 0.571. The molecule has 0 radical (unpaired) electrons. The highest BCUT2D eigenvalue weighted by molar-refractivity contribution is 7.89. The highest BCUT2D eigenvalue weighted by atomic mass is 32.2. The highest BCUT2D eigenvalue weighted by Crippen LogP contribution is 2.30. The van der Waals surface area contributed by atoms with Gasteiger partial charge in [-0.15, -0.1) is 10.2 Å². The first-order valence-electron chi connectivity index (χ1n) is 10.7. The minimum atomic E-state index is -3.23. The van der Waals surface area contributed by atoms with Crippen LogP contribution in [-0.2, 0) is 34.3 Å². The summed E-state index contributed by atoms with van der Waals surface area (Å²) in [5.41, 5.74) is 0.654. The molecule has 1 amide bonds. The van der Waals surface area contributed by atoms with Gasteiger partial charge in [-0.05, 0) is 44.4 Å². The summed E-state index contributed by atoms with van der Waals surface area (Å²) in [6.07, 6.45) is 1.58. The minimum absolute atomic E-state index is 0.0615. The predicted octanol–water partition coefficient (Wildman–Crippen LogP) is 1.92. The second-order valence-electron chi connectivity index (χ2n) is 8.52. The third-order valence-electron chi connectivity index (χ3n) is 6.15. The molecule has 2 aliphatic rings. The number of aromatic nitrogens is 3. The number of hydrogen-bond donors (Lipinski definition) is 0. The molecule has 0 bridgehead atoms. The van der Waals surface area contributed by atoms with Crippen LogP contribution in [0.3, 0.4) is 0 Å². The molecule has 0 atom stereocenters. The topological polar surface area (TPSA) is 88.4 Å². The van der Waals surface area contributed by atoms with E-state index >= 15 is 0 Å². The summed E-state index contributed by atoms with van der Waals surface area (Å²) in [6, 6.07) is 6.10. The number of nitrogens with zero attached hydrogens (tertiary/aromatic N) is 5. The van der Waals surface area contributed by atoms with Gasteiger partial charge in [-0.3, -0.25) is 4.79 Å². The zero-order valence-electron chi connectivity index (χ0n) is 17.9. The molecule has 168 valence electrons. The number of carbonyl (C=O) groups excluding carboxylic acids is 1. The zero-order valence-corrected chi connectivity index (χ0v) is 18.7. The third kappa shape index (κ3) is 4.50. The van der Waals surface area contributed by atoms with Crippen LogP contribution in [0.1, 0.15) is 49.8 Å². The Morgan fingerprint density at radius 2 is 1.90 bits per heavy atom. The molecule has 4 rings (SSSR count). The first-order valence-corrected chi connectivity index (χ1v) is 12.2. The van der Waals surface area contributed by atoms with Gasteiger partial charge in [-0.1, -0.05) is 12.1 Å². The molecule has 2 aromatic rings. The molecule has 0 unspecified atom stereocenters. The van der Waals surface area contributed by atoms with Gasteiger partial charge in [0.05, 0.1) is 18.2 Å². The molecule has 2 aliphatic heterocycles. The van der Waals surface area contributed by atoms with E-state index in [0.717, 1.165) is 11.6 Å². The van der Waals surface area contributed by atoms with Crippen molar-refractivity contribution in [3.8, 4) is 0 Å². The Kier molecular flexibility index (Phi) is 6.11. The molecular formula is C21H28FN5O3S. The molecule has 1 aromatic heterocycles. The van der Waals surface area contributed by atoms with Crippen molar-refractivity contribution < 1.29 is 17.6 Å². The number of rotatable bonds is 5. The van der Waals surface area contributed by atoms with Crippen molar-refractivity contribution in [3.63, 3.8) is 0 Å². The normalized spacial score (nSPS) is 18.4. The minimum Gasteiger partial charge on any atom is -0.333 e. The summed E-state index contributed by atoms with van der Waals surface area (Å²) in [5, 5.41) is 8.28. The van der Waals surface area contributed by atoms with Crippen LogP contribution in [0, 0.1) is 5.82 Å². The molecule has 0 saturated carbocycles. The van der Waals surface area contributed by atoms with Gasteiger partial charge in [0.2, 0.25) is 15.9 Å². The Balaban J connectivity index is 1.39. The van der Waals surface area contributed by atoms with Crippen LogP contribution in [0.2, 0.25) is 0 Å². The number of amides is 1. The lowest BCUT2D eigenvalue weighted by atomic mass is 9.97. The van der Waals surface area contributed by atoms with Crippen LogP contribution in [0.4, 0.5) is 4.39 Å². The van der Waals surface area contributed by atoms with Gasteiger partial charge < -0.3 is 9.47 Å². The van der Waals surface area contributed by atoms with Crippen molar-refractivity contribution in [1.82, 2.24) is 24.0 Å². The largest absolute Gasteiger partial charge is 0.333 e. The van der Waals surface area contributed by atoms with Crippen molar-refractivity contribution in [1.29, 1.82) is 0 Å². The van der Waals surface area contributed by atoms with Gasteiger partial charge in [-0.25, -0.2) is 17.1 Å². The van der Waals surface area contributed by atoms with Crippen LogP contribution in [0.25, 0.3) is 0 Å². The van der Waals surface area contributed by atoms with E-state index in [0.29, 0.717) is 51.1 Å². The molecule has 0 aliphatic carbocycles. The molecule has 0 N–H and O–H groups in total. The van der Waals surface area contributed by atoms with Crippen LogP contribution < -0.4 is 0 Å². The van der Waals surface area contributed by atoms with Crippen molar-refractivity contribution >= 4 is 15.9 Å². The van der Waals surface area contributed by atoms with E-state index in [1.54, 1.807) is 35.2 Å². The Morgan fingerprint density at radius 1 is 1.16 bits per heavy atom. The first kappa shape index (κ1) is 21.9. The van der Waals surface area contributed by atoms with Crippen LogP contribution in [0.5, 0.6) is 0 Å². The van der Waals surface area contributed by atoms with Crippen LogP contribution in [-0.4, -0.2) is 63.2 Å². The molecule has 1 aromatic carbocycles. The maximum Gasteiger partial charge on any atom is 0.227 e. The molecule has 1 saturated heterocycles. The summed E-state index contributed by atoms with van der Waals surface area (Å²) in [5.74, 6) is 1.38. The van der Waals surface area contributed by atoms with Gasteiger partial charge in [0.25, 0.3) is 0 Å². The summed E-state index contributed by atoms with van der Waals surface area (Å²) >= 11 is 0. The standard InChI is InChI=1S/C21H28FN5O3S/c1-15(2)31(29,30)26-8-6-17(7-9-26)21-24-23-19-14-25(10-11-27(19)21)20(28)13-16-4-3-5-18(22)12-16/h3-5,12,15,17H,6-11,13-14H2,1-2H3. The van der Waals surface area contributed by atoms with Crippen LogP contribution >= 0.6 is 0 Å². The monoisotopic (exact) mass is 449 g/mol. The van der Waals surface area contributed by atoms with Gasteiger partial charge in [0, 0.05) is 32.1 Å². The predicted molar refractivity (Wildman–Crippen MR) is 113 cm³/mol. The summed E-state index contributed by atoms with van der Waals surface area (Å²) in [6.45, 7) is 5.93. The number of halogens is 1. The number of benzene rings is 1. The molecule has 0 spiro atoms. The number of hydrogen-bond acceptors (Lipinski definition) is 5. The second-order valence-corrected chi connectivity index (χ2v) is 11.0. The number of sulfonamides is 1. The number of carbonyl (C=O) groups is 1. The smallest absolute Gasteiger partial charge is 0.227 e. The number of piperidine rings is 1. The highest BCUT2D eigenvalue weighted by Gasteiger charge is 2.34. The Morgan fingerprint density at radius 3 is 2.58 bits per heavy atom. The molecule has 3 heterocycles. The second kappa shape index (κ2) is 8.66. The molecule has 1 fully saturated rings. The zero-order chi connectivity index (χ0) is 22.2. The molecule has 31 heavy (non-hydrogen) atoms. The van der Waals surface area contributed by atoms with Gasteiger partial charge in [0.1, 0.15) is 11.6 Å². The summed E-state index contributed by atoms with van der Waals surface area (Å²) in [7, 11) is -3.23. The fourth-order valence-electron chi connectivity index (χ4n) is 4.30. The van der Waals surface area contributed by atoms with E-state index in [1.807, 2.05) is 0 Å². The van der Waals surface area contributed by atoms with E-state index in [9.17, 15) is 17.6 Å². The molecular weight excluding hydrogens is 421 g/mol. The quantitative estimate of drug-likeness (QED) is 0.696. The Labute approximate surface area is 182 Å². The van der Waals surface area contributed by atoms with E-state index in [-0.39, 0.29) is 24.1 Å². The molecule has 8 nitrogen and oxygen atoms in total. The number of fused-ring (bicyclic) bond motifs is 1. The van der Waals surface area contributed by atoms with Crippen molar-refractivity contribution in [2.24, 2.45) is 0 Å². The fourth-order valence-corrected chi connectivity index (χ4v) is 5.61. The summed E-state index contributed by atoms with van der Waals surface area (Å²) < 4.78 is 41.8. The van der Waals surface area contributed by atoms with Crippen molar-refractivity contribution in [2.75, 3.05) is 19.6 Å². The molecule has 10 heteroatoms. The van der Waals surface area contributed by atoms with Gasteiger partial charge in [0.15, 0.2) is 5.82 Å². The maximum atomic E-state index is 13.4. The third-order valence-corrected chi connectivity index (χ3v) is 8.43. The average Bonchev–Trinajstić information content (AvgIpc) is 3.17. The first-order chi connectivity index (χ1) is 14.8. The van der Waals surface area contributed by atoms with E-state index in [2.05, 4.69) is 14.8 Å². The summed E-state index contributed by atoms with van der Waals surface area (Å²) in [4.78, 5) is 14.4. The maximum absolute atomic E-state index is 13.4.